The first-order valence-electron chi connectivity index (χ1n) is 11.1. The molecule has 2 aromatic carbocycles. The first-order chi connectivity index (χ1) is 15.4. The molecule has 0 aromatic heterocycles. The molecule has 2 fully saturated rings. The lowest BCUT2D eigenvalue weighted by Gasteiger charge is -2.44. The van der Waals surface area contributed by atoms with E-state index in [0.29, 0.717) is 18.7 Å². The second kappa shape index (κ2) is 9.85. The minimum absolute atomic E-state index is 0.0175. The minimum atomic E-state index is -0.469. The Morgan fingerprint density at radius 1 is 1.03 bits per heavy atom. The first-order valence-corrected chi connectivity index (χ1v) is 11.1. The van der Waals surface area contributed by atoms with Crippen molar-refractivity contribution in [2.75, 3.05) is 26.2 Å². The molecule has 0 saturated carbocycles. The van der Waals surface area contributed by atoms with Crippen LogP contribution >= 0.6 is 0 Å². The van der Waals surface area contributed by atoms with Crippen molar-refractivity contribution in [1.29, 1.82) is 0 Å². The molecule has 2 heterocycles. The molecule has 170 valence electrons. The van der Waals surface area contributed by atoms with E-state index in [1.54, 1.807) is 12.1 Å². The van der Waals surface area contributed by atoms with Gasteiger partial charge in [-0.25, -0.2) is 4.39 Å². The SMILES string of the molecule is O=C(c1ccc([N+](=O)[O-])cc1)C1CCN([C@@H]2CCN(Cc3ccc(F)cc3)C[C@H]2O)CC1. The van der Waals surface area contributed by atoms with Gasteiger partial charge in [-0.3, -0.25) is 24.7 Å². The number of hydrogen-bond acceptors (Lipinski definition) is 6. The molecular weight excluding hydrogens is 413 g/mol. The average molecular weight is 442 g/mol. The number of rotatable bonds is 6. The van der Waals surface area contributed by atoms with Gasteiger partial charge >= 0.3 is 0 Å². The van der Waals surface area contributed by atoms with E-state index in [0.717, 1.165) is 44.5 Å². The van der Waals surface area contributed by atoms with Crippen molar-refractivity contribution in [2.45, 2.75) is 38.0 Å². The largest absolute Gasteiger partial charge is 0.390 e. The molecule has 0 aliphatic carbocycles. The Morgan fingerprint density at radius 3 is 2.28 bits per heavy atom. The second-order valence-electron chi connectivity index (χ2n) is 8.76. The van der Waals surface area contributed by atoms with E-state index >= 15 is 0 Å². The number of aliphatic hydroxyl groups excluding tert-OH is 1. The van der Waals surface area contributed by atoms with E-state index in [1.165, 1.54) is 36.4 Å². The molecule has 0 radical (unpaired) electrons. The molecule has 0 amide bonds. The van der Waals surface area contributed by atoms with Crippen LogP contribution in [0.5, 0.6) is 0 Å². The number of nitro groups is 1. The first kappa shape index (κ1) is 22.5. The lowest BCUT2D eigenvalue weighted by Crippen LogP contribution is -2.55. The summed E-state index contributed by atoms with van der Waals surface area (Å²) >= 11 is 0. The van der Waals surface area contributed by atoms with Gasteiger partial charge in [0, 0.05) is 49.3 Å². The third-order valence-corrected chi connectivity index (χ3v) is 6.68. The Hall–Kier alpha value is -2.68. The van der Waals surface area contributed by atoms with Crippen LogP contribution in [0.2, 0.25) is 0 Å². The van der Waals surface area contributed by atoms with E-state index in [2.05, 4.69) is 9.80 Å². The Kier molecular flexibility index (Phi) is 6.93. The van der Waals surface area contributed by atoms with Gasteiger partial charge in [0.1, 0.15) is 5.82 Å². The summed E-state index contributed by atoms with van der Waals surface area (Å²) in [5.74, 6) is -0.305. The molecule has 0 spiro atoms. The quantitative estimate of drug-likeness (QED) is 0.421. The Balaban J connectivity index is 1.27. The monoisotopic (exact) mass is 441 g/mol. The highest BCUT2D eigenvalue weighted by atomic mass is 19.1. The highest BCUT2D eigenvalue weighted by Gasteiger charge is 2.35. The van der Waals surface area contributed by atoms with Gasteiger partial charge < -0.3 is 5.11 Å². The number of likely N-dealkylation sites (tertiary alicyclic amines) is 2. The summed E-state index contributed by atoms with van der Waals surface area (Å²) in [7, 11) is 0. The summed E-state index contributed by atoms with van der Waals surface area (Å²) in [5, 5.41) is 21.6. The molecule has 2 saturated heterocycles. The van der Waals surface area contributed by atoms with E-state index in [4.69, 9.17) is 0 Å². The maximum atomic E-state index is 13.1. The number of halogens is 1. The van der Waals surface area contributed by atoms with Crippen LogP contribution in [0.1, 0.15) is 35.2 Å². The van der Waals surface area contributed by atoms with Gasteiger partial charge in [0.25, 0.3) is 5.69 Å². The number of nitro benzene ring substituents is 1. The summed E-state index contributed by atoms with van der Waals surface area (Å²) in [6.07, 6.45) is 1.83. The lowest BCUT2D eigenvalue weighted by molar-refractivity contribution is -0.384. The number of piperidine rings is 2. The highest BCUT2D eigenvalue weighted by molar-refractivity contribution is 5.98. The maximum absolute atomic E-state index is 13.1. The molecule has 4 rings (SSSR count). The molecule has 2 atom stereocenters. The fraction of sp³-hybridized carbons (Fsp3) is 0.458. The number of carbonyl (C=O) groups is 1. The summed E-state index contributed by atoms with van der Waals surface area (Å²) < 4.78 is 13.1. The van der Waals surface area contributed by atoms with Gasteiger partial charge in [-0.05, 0) is 62.2 Å². The summed E-state index contributed by atoms with van der Waals surface area (Å²) in [4.78, 5) is 27.6. The van der Waals surface area contributed by atoms with Gasteiger partial charge in [-0.15, -0.1) is 0 Å². The van der Waals surface area contributed by atoms with Crippen molar-refractivity contribution < 1.29 is 19.2 Å². The Morgan fingerprint density at radius 2 is 1.69 bits per heavy atom. The van der Waals surface area contributed by atoms with Crippen LogP contribution in [0.3, 0.4) is 0 Å². The maximum Gasteiger partial charge on any atom is 0.269 e. The predicted molar refractivity (Wildman–Crippen MR) is 118 cm³/mol. The third-order valence-electron chi connectivity index (χ3n) is 6.68. The normalized spacial score (nSPS) is 23.2. The van der Waals surface area contributed by atoms with Gasteiger partial charge in [0.05, 0.1) is 11.0 Å². The molecule has 2 aliphatic rings. The number of β-amino-alcohol motifs (C(OH)–C–C–N with tert-alkyl or cyclic N) is 1. The van der Waals surface area contributed by atoms with Crippen molar-refractivity contribution in [1.82, 2.24) is 9.80 Å². The molecule has 32 heavy (non-hydrogen) atoms. The number of hydrogen-bond donors (Lipinski definition) is 1. The topological polar surface area (TPSA) is 86.9 Å². The molecule has 2 aromatic rings. The average Bonchev–Trinajstić information content (AvgIpc) is 2.80. The minimum Gasteiger partial charge on any atom is -0.390 e. The van der Waals surface area contributed by atoms with Gasteiger partial charge in [-0.2, -0.15) is 0 Å². The summed E-state index contributed by atoms with van der Waals surface area (Å²) in [5.41, 5.74) is 1.53. The number of non-ortho nitro benzene ring substituents is 1. The van der Waals surface area contributed by atoms with E-state index < -0.39 is 11.0 Å². The van der Waals surface area contributed by atoms with Crippen LogP contribution in [0.25, 0.3) is 0 Å². The molecular formula is C24H28FN3O4. The Labute approximate surface area is 186 Å². The molecule has 0 bridgehead atoms. The van der Waals surface area contributed by atoms with Crippen LogP contribution in [-0.2, 0) is 6.54 Å². The number of ketones is 1. The zero-order chi connectivity index (χ0) is 22.7. The standard InChI is InChI=1S/C24H28FN3O4/c25-20-5-1-17(2-6-20)15-26-12-11-22(23(29)16-26)27-13-9-19(10-14-27)24(30)18-3-7-21(8-4-18)28(31)32/h1-8,19,22-23,29H,9-16H2/t22-,23-/m1/s1. The fourth-order valence-corrected chi connectivity index (χ4v) is 4.88. The van der Waals surface area contributed by atoms with Crippen molar-refractivity contribution >= 4 is 11.5 Å². The number of carbonyl (C=O) groups excluding carboxylic acids is 1. The molecule has 2 aliphatic heterocycles. The van der Waals surface area contributed by atoms with Crippen molar-refractivity contribution in [3.63, 3.8) is 0 Å². The van der Waals surface area contributed by atoms with Gasteiger partial charge in [-0.1, -0.05) is 12.1 Å². The van der Waals surface area contributed by atoms with Crippen molar-refractivity contribution in [2.24, 2.45) is 5.92 Å². The fourth-order valence-electron chi connectivity index (χ4n) is 4.88. The molecule has 0 unspecified atom stereocenters. The van der Waals surface area contributed by atoms with Crippen LogP contribution in [0.15, 0.2) is 48.5 Å². The molecule has 1 N–H and O–H groups in total. The van der Waals surface area contributed by atoms with Crippen LogP contribution in [-0.4, -0.2) is 63.9 Å². The van der Waals surface area contributed by atoms with E-state index in [1.807, 2.05) is 0 Å². The van der Waals surface area contributed by atoms with Crippen LogP contribution in [0.4, 0.5) is 10.1 Å². The second-order valence-corrected chi connectivity index (χ2v) is 8.76. The zero-order valence-electron chi connectivity index (χ0n) is 17.9. The number of Topliss-reactive ketones (excluding diaryl/α,β-unsaturated/α-hetero) is 1. The van der Waals surface area contributed by atoms with E-state index in [-0.39, 0.29) is 29.2 Å². The zero-order valence-corrected chi connectivity index (χ0v) is 17.9. The highest BCUT2D eigenvalue weighted by Crippen LogP contribution is 2.27. The predicted octanol–water partition coefficient (Wildman–Crippen LogP) is 3.26. The third kappa shape index (κ3) is 5.20. The number of aliphatic hydroxyl groups is 1. The van der Waals surface area contributed by atoms with Gasteiger partial charge in [0.15, 0.2) is 5.78 Å². The Bertz CT molecular complexity index is 943. The van der Waals surface area contributed by atoms with Crippen LogP contribution < -0.4 is 0 Å². The molecule has 8 heteroatoms. The van der Waals surface area contributed by atoms with Crippen molar-refractivity contribution in [3.8, 4) is 0 Å². The van der Waals surface area contributed by atoms with Crippen LogP contribution in [0, 0.1) is 21.8 Å². The smallest absolute Gasteiger partial charge is 0.269 e. The van der Waals surface area contributed by atoms with Crippen molar-refractivity contribution in [3.05, 3.63) is 75.6 Å². The number of nitrogens with zero attached hydrogens (tertiary/aromatic N) is 3. The molecule has 7 nitrogen and oxygen atoms in total. The number of benzene rings is 2. The van der Waals surface area contributed by atoms with E-state index in [9.17, 15) is 24.4 Å². The summed E-state index contributed by atoms with van der Waals surface area (Å²) in [6, 6.07) is 12.4. The lowest BCUT2D eigenvalue weighted by atomic mass is 9.87. The summed E-state index contributed by atoms with van der Waals surface area (Å²) in [6.45, 7) is 3.63. The van der Waals surface area contributed by atoms with Gasteiger partial charge in [0.2, 0.25) is 0 Å².